The van der Waals surface area contributed by atoms with Gasteiger partial charge in [0.15, 0.2) is 0 Å². The van der Waals surface area contributed by atoms with E-state index in [1.807, 2.05) is 0 Å². The maximum absolute atomic E-state index is 8.36. The van der Waals surface area contributed by atoms with Crippen LogP contribution in [-0.2, 0) is 4.79 Å². The van der Waals surface area contributed by atoms with E-state index >= 15 is 0 Å². The number of carboxylic acid groups (broad SMARTS) is 1. The van der Waals surface area contributed by atoms with Gasteiger partial charge in [-0.25, -0.2) is 0 Å². The standard InChI is InChI=1S/C5H12N2.CH2O2/c1-7-4-2-6-3-5-7;2-1-3/h6H,2-5H2,1H3;1H,(H,2,3). The second-order valence-corrected chi connectivity index (χ2v) is 2.16. The highest BCUT2D eigenvalue weighted by atomic mass is 16.3. The summed E-state index contributed by atoms with van der Waals surface area (Å²) in [6.45, 7) is 4.49. The highest BCUT2D eigenvalue weighted by Crippen LogP contribution is 1.82. The summed E-state index contributed by atoms with van der Waals surface area (Å²) < 4.78 is 0. The van der Waals surface area contributed by atoms with Gasteiger partial charge in [0.2, 0.25) is 0 Å². The molecule has 0 saturated carbocycles. The van der Waals surface area contributed by atoms with Crippen LogP contribution >= 0.6 is 0 Å². The molecule has 1 fully saturated rings. The summed E-state index contributed by atoms with van der Waals surface area (Å²) in [6, 6.07) is 0. The first-order valence-electron chi connectivity index (χ1n) is 3.28. The predicted octanol–water partition coefficient (Wildman–Crippen LogP) is -0.778. The van der Waals surface area contributed by atoms with E-state index < -0.39 is 0 Å². The van der Waals surface area contributed by atoms with Crippen LogP contribution in [0, 0.1) is 0 Å². The third-order valence-electron chi connectivity index (χ3n) is 1.34. The molecule has 4 nitrogen and oxygen atoms in total. The van der Waals surface area contributed by atoms with E-state index in [4.69, 9.17) is 9.90 Å². The predicted molar refractivity (Wildman–Crippen MR) is 39.1 cm³/mol. The number of carbonyl (C=O) groups is 1. The van der Waals surface area contributed by atoms with Crippen molar-refractivity contribution in [3.63, 3.8) is 0 Å². The first-order valence-corrected chi connectivity index (χ1v) is 3.28. The molecule has 0 unspecified atom stereocenters. The lowest BCUT2D eigenvalue weighted by Gasteiger charge is -2.21. The lowest BCUT2D eigenvalue weighted by atomic mass is 10.4. The van der Waals surface area contributed by atoms with Crippen molar-refractivity contribution in [3.05, 3.63) is 0 Å². The van der Waals surface area contributed by atoms with Crippen LogP contribution in [0.2, 0.25) is 0 Å². The molecule has 0 aromatic heterocycles. The minimum absolute atomic E-state index is 0.250. The van der Waals surface area contributed by atoms with E-state index in [0.717, 1.165) is 13.1 Å². The van der Waals surface area contributed by atoms with Gasteiger partial charge in [-0.2, -0.15) is 0 Å². The number of piperazine rings is 1. The van der Waals surface area contributed by atoms with Crippen molar-refractivity contribution < 1.29 is 9.90 Å². The molecule has 1 saturated heterocycles. The van der Waals surface area contributed by atoms with E-state index in [-0.39, 0.29) is 6.47 Å². The molecule has 0 aromatic rings. The van der Waals surface area contributed by atoms with E-state index in [9.17, 15) is 0 Å². The summed E-state index contributed by atoms with van der Waals surface area (Å²) in [7, 11) is 2.15. The first-order chi connectivity index (χ1) is 4.81. The Hall–Kier alpha value is -0.610. The zero-order valence-corrected chi connectivity index (χ0v) is 6.21. The fourth-order valence-corrected chi connectivity index (χ4v) is 0.777. The summed E-state index contributed by atoms with van der Waals surface area (Å²) in [6.07, 6.45) is 0. The summed E-state index contributed by atoms with van der Waals surface area (Å²) in [5.74, 6) is 0. The number of hydrogen-bond donors (Lipinski definition) is 2. The minimum Gasteiger partial charge on any atom is -0.483 e. The van der Waals surface area contributed by atoms with Gasteiger partial charge in [-0.15, -0.1) is 0 Å². The van der Waals surface area contributed by atoms with Gasteiger partial charge >= 0.3 is 0 Å². The van der Waals surface area contributed by atoms with Gasteiger partial charge in [0.05, 0.1) is 0 Å². The van der Waals surface area contributed by atoms with Gasteiger partial charge in [0.25, 0.3) is 6.47 Å². The van der Waals surface area contributed by atoms with Crippen LogP contribution in [0.15, 0.2) is 0 Å². The van der Waals surface area contributed by atoms with Crippen molar-refractivity contribution in [1.29, 1.82) is 0 Å². The Morgan fingerprint density at radius 3 is 2.10 bits per heavy atom. The molecular weight excluding hydrogens is 132 g/mol. The minimum atomic E-state index is -0.250. The SMILES string of the molecule is CN1CCNCC1.O=CO. The quantitative estimate of drug-likeness (QED) is 0.440. The molecule has 0 bridgehead atoms. The van der Waals surface area contributed by atoms with Crippen LogP contribution in [-0.4, -0.2) is 49.7 Å². The largest absolute Gasteiger partial charge is 0.483 e. The molecule has 0 aliphatic carbocycles. The van der Waals surface area contributed by atoms with Gasteiger partial charge in [-0.3, -0.25) is 4.79 Å². The number of nitrogens with zero attached hydrogens (tertiary/aromatic N) is 1. The summed E-state index contributed by atoms with van der Waals surface area (Å²) in [5.41, 5.74) is 0. The molecule has 4 heteroatoms. The van der Waals surface area contributed by atoms with Crippen LogP contribution in [0.4, 0.5) is 0 Å². The summed E-state index contributed by atoms with van der Waals surface area (Å²) in [4.78, 5) is 10.7. The molecule has 1 aliphatic heterocycles. The molecule has 1 rings (SSSR count). The monoisotopic (exact) mass is 146 g/mol. The van der Waals surface area contributed by atoms with Crippen LogP contribution in [0.5, 0.6) is 0 Å². The Bertz CT molecular complexity index is 81.8. The van der Waals surface area contributed by atoms with E-state index in [0.29, 0.717) is 0 Å². The molecule has 0 radical (unpaired) electrons. The van der Waals surface area contributed by atoms with E-state index in [1.54, 1.807) is 0 Å². The van der Waals surface area contributed by atoms with Crippen LogP contribution in [0.1, 0.15) is 0 Å². The number of rotatable bonds is 0. The maximum Gasteiger partial charge on any atom is 0.290 e. The Morgan fingerprint density at radius 1 is 1.50 bits per heavy atom. The smallest absolute Gasteiger partial charge is 0.290 e. The van der Waals surface area contributed by atoms with Gasteiger partial charge < -0.3 is 15.3 Å². The third kappa shape index (κ3) is 5.53. The number of likely N-dealkylation sites (N-methyl/N-ethyl adjacent to an activating group) is 1. The molecule has 1 aliphatic rings. The van der Waals surface area contributed by atoms with Crippen LogP contribution in [0.25, 0.3) is 0 Å². The molecular formula is C6H14N2O2. The molecule has 1 heterocycles. The highest BCUT2D eigenvalue weighted by molar-refractivity contribution is 5.32. The third-order valence-corrected chi connectivity index (χ3v) is 1.34. The molecule has 0 spiro atoms. The van der Waals surface area contributed by atoms with Gasteiger partial charge in [-0.1, -0.05) is 0 Å². The number of nitrogens with one attached hydrogen (secondary N) is 1. The average molecular weight is 146 g/mol. The average Bonchev–Trinajstić information content (AvgIpc) is 1.91. The second-order valence-electron chi connectivity index (χ2n) is 2.16. The van der Waals surface area contributed by atoms with Gasteiger partial charge in [-0.05, 0) is 7.05 Å². The Morgan fingerprint density at radius 2 is 1.90 bits per heavy atom. The van der Waals surface area contributed by atoms with E-state index in [1.165, 1.54) is 13.1 Å². The van der Waals surface area contributed by atoms with Crippen LogP contribution < -0.4 is 5.32 Å². The van der Waals surface area contributed by atoms with Crippen molar-refractivity contribution in [1.82, 2.24) is 10.2 Å². The van der Waals surface area contributed by atoms with Gasteiger partial charge in [0.1, 0.15) is 0 Å². The Kier molecular flexibility index (Phi) is 6.11. The Labute approximate surface area is 60.8 Å². The maximum atomic E-state index is 8.36. The van der Waals surface area contributed by atoms with Crippen molar-refractivity contribution >= 4 is 6.47 Å². The molecule has 0 amide bonds. The molecule has 10 heavy (non-hydrogen) atoms. The van der Waals surface area contributed by atoms with Gasteiger partial charge in [0, 0.05) is 26.2 Å². The fourth-order valence-electron chi connectivity index (χ4n) is 0.777. The van der Waals surface area contributed by atoms with Crippen molar-refractivity contribution in [2.24, 2.45) is 0 Å². The highest BCUT2D eigenvalue weighted by Gasteiger charge is 2.01. The lowest BCUT2D eigenvalue weighted by molar-refractivity contribution is -0.122. The zero-order valence-electron chi connectivity index (χ0n) is 6.21. The normalized spacial score (nSPS) is 18.9. The van der Waals surface area contributed by atoms with Crippen molar-refractivity contribution in [2.75, 3.05) is 33.2 Å². The molecule has 0 aromatic carbocycles. The topological polar surface area (TPSA) is 52.6 Å². The Balaban J connectivity index is 0.000000236. The summed E-state index contributed by atoms with van der Waals surface area (Å²) in [5, 5.41) is 10.2. The first kappa shape index (κ1) is 9.39. The second kappa shape index (κ2) is 6.51. The van der Waals surface area contributed by atoms with Crippen LogP contribution in [0.3, 0.4) is 0 Å². The van der Waals surface area contributed by atoms with E-state index in [2.05, 4.69) is 17.3 Å². The molecule has 0 atom stereocenters. The molecule has 2 N–H and O–H groups in total. The van der Waals surface area contributed by atoms with Crippen molar-refractivity contribution in [3.8, 4) is 0 Å². The lowest BCUT2D eigenvalue weighted by Crippen LogP contribution is -2.40. The number of hydrogen-bond acceptors (Lipinski definition) is 3. The summed E-state index contributed by atoms with van der Waals surface area (Å²) >= 11 is 0. The van der Waals surface area contributed by atoms with Crippen molar-refractivity contribution in [2.45, 2.75) is 0 Å². The molecule has 60 valence electrons. The zero-order chi connectivity index (χ0) is 7.82. The fraction of sp³-hybridized carbons (Fsp3) is 0.833.